The zero-order valence-corrected chi connectivity index (χ0v) is 15.0. The number of hydrogen-bond acceptors (Lipinski definition) is 6. The van der Waals surface area contributed by atoms with Gasteiger partial charge in [0.2, 0.25) is 5.95 Å². The number of aromatic nitrogens is 4. The highest BCUT2D eigenvalue weighted by Gasteiger charge is 2.31. The number of rotatable bonds is 4. The highest BCUT2D eigenvalue weighted by atomic mass is 16.5. The van der Waals surface area contributed by atoms with Crippen molar-refractivity contribution in [2.24, 2.45) is 0 Å². The van der Waals surface area contributed by atoms with Crippen molar-refractivity contribution in [3.63, 3.8) is 0 Å². The van der Waals surface area contributed by atoms with E-state index < -0.39 is 0 Å². The van der Waals surface area contributed by atoms with Gasteiger partial charge in [-0.2, -0.15) is 0 Å². The van der Waals surface area contributed by atoms with E-state index in [1.54, 1.807) is 14.2 Å². The molecule has 0 spiro atoms. The van der Waals surface area contributed by atoms with Crippen LogP contribution in [0.3, 0.4) is 0 Å². The number of methoxy groups -OCH3 is 2. The van der Waals surface area contributed by atoms with Crippen molar-refractivity contribution in [2.45, 2.75) is 25.4 Å². The molecule has 0 aliphatic carbocycles. The minimum Gasteiger partial charge on any atom is -0.493 e. The van der Waals surface area contributed by atoms with Gasteiger partial charge in [-0.05, 0) is 47.0 Å². The maximum atomic E-state index is 5.46. The van der Waals surface area contributed by atoms with Crippen LogP contribution >= 0.6 is 0 Å². The van der Waals surface area contributed by atoms with E-state index in [2.05, 4.69) is 52.0 Å². The number of nitrogens with one attached hydrogen (secondary N) is 1. The zero-order chi connectivity index (χ0) is 18.1. The predicted molar refractivity (Wildman–Crippen MR) is 97.7 cm³/mol. The van der Waals surface area contributed by atoms with E-state index in [-0.39, 0.29) is 12.1 Å². The Morgan fingerprint density at radius 3 is 2.46 bits per heavy atom. The molecule has 7 nitrogen and oxygen atoms in total. The summed E-state index contributed by atoms with van der Waals surface area (Å²) in [7, 11) is 3.27. The van der Waals surface area contributed by atoms with Gasteiger partial charge in [0, 0.05) is 0 Å². The van der Waals surface area contributed by atoms with Crippen molar-refractivity contribution >= 4 is 5.95 Å². The molecule has 1 aromatic heterocycles. The second kappa shape index (κ2) is 6.67. The molecule has 1 aliphatic rings. The van der Waals surface area contributed by atoms with Crippen LogP contribution < -0.4 is 14.8 Å². The van der Waals surface area contributed by atoms with Gasteiger partial charge in [-0.1, -0.05) is 41.0 Å². The topological polar surface area (TPSA) is 74.1 Å². The lowest BCUT2D eigenvalue weighted by atomic mass is 9.93. The SMILES string of the molecule is COc1ccc([C@H]2C[C@@H](c3ccc(C)cc3)Nc3nnnn32)cc1OC. The lowest BCUT2D eigenvalue weighted by molar-refractivity contribution is 0.352. The molecule has 1 N–H and O–H groups in total. The first kappa shape index (κ1) is 16.4. The Bertz CT molecular complexity index is 907. The van der Waals surface area contributed by atoms with E-state index in [0.29, 0.717) is 17.4 Å². The van der Waals surface area contributed by atoms with Crippen LogP contribution in [-0.4, -0.2) is 34.4 Å². The molecule has 0 saturated heterocycles. The van der Waals surface area contributed by atoms with Gasteiger partial charge in [-0.15, -0.1) is 0 Å². The third-order valence-electron chi connectivity index (χ3n) is 4.82. The highest BCUT2D eigenvalue weighted by Crippen LogP contribution is 2.39. The first-order chi connectivity index (χ1) is 12.7. The van der Waals surface area contributed by atoms with Crippen molar-refractivity contribution in [3.8, 4) is 11.5 Å². The van der Waals surface area contributed by atoms with Crippen molar-refractivity contribution < 1.29 is 9.47 Å². The summed E-state index contributed by atoms with van der Waals surface area (Å²) in [5.41, 5.74) is 3.54. The Hall–Kier alpha value is -3.09. The Morgan fingerprint density at radius 1 is 1.00 bits per heavy atom. The van der Waals surface area contributed by atoms with E-state index >= 15 is 0 Å². The molecule has 1 aliphatic heterocycles. The molecule has 4 rings (SSSR count). The minimum absolute atomic E-state index is 0.00681. The molecular formula is C19H21N5O2. The van der Waals surface area contributed by atoms with Gasteiger partial charge in [-0.25, -0.2) is 4.68 Å². The van der Waals surface area contributed by atoms with E-state index in [1.165, 1.54) is 11.1 Å². The van der Waals surface area contributed by atoms with Crippen molar-refractivity contribution in [2.75, 3.05) is 19.5 Å². The molecule has 3 aromatic rings. The summed E-state index contributed by atoms with van der Waals surface area (Å²) in [6.45, 7) is 2.09. The molecular weight excluding hydrogens is 330 g/mol. The van der Waals surface area contributed by atoms with Gasteiger partial charge in [0.1, 0.15) is 0 Å². The van der Waals surface area contributed by atoms with Crippen LogP contribution in [0.2, 0.25) is 0 Å². The first-order valence-corrected chi connectivity index (χ1v) is 8.52. The maximum Gasteiger partial charge on any atom is 0.243 e. The van der Waals surface area contributed by atoms with Crippen LogP contribution in [0.15, 0.2) is 42.5 Å². The van der Waals surface area contributed by atoms with Gasteiger partial charge >= 0.3 is 0 Å². The van der Waals surface area contributed by atoms with Crippen LogP contribution in [0.1, 0.15) is 35.2 Å². The summed E-state index contributed by atoms with van der Waals surface area (Å²) >= 11 is 0. The number of aryl methyl sites for hydroxylation is 1. The van der Waals surface area contributed by atoms with Crippen LogP contribution in [0, 0.1) is 6.92 Å². The number of tetrazole rings is 1. The average Bonchev–Trinajstić information content (AvgIpc) is 3.16. The molecule has 0 amide bonds. The number of benzene rings is 2. The van der Waals surface area contributed by atoms with Gasteiger partial charge in [-0.3, -0.25) is 0 Å². The number of ether oxygens (including phenoxy) is 2. The third kappa shape index (κ3) is 2.85. The summed E-state index contributed by atoms with van der Waals surface area (Å²) in [4.78, 5) is 0. The number of hydrogen-bond donors (Lipinski definition) is 1. The Morgan fingerprint density at radius 2 is 1.73 bits per heavy atom. The fraction of sp³-hybridized carbons (Fsp3) is 0.316. The molecule has 2 atom stereocenters. The molecule has 0 bridgehead atoms. The van der Waals surface area contributed by atoms with E-state index in [1.807, 2.05) is 22.9 Å². The largest absolute Gasteiger partial charge is 0.493 e. The number of nitrogens with zero attached hydrogens (tertiary/aromatic N) is 4. The van der Waals surface area contributed by atoms with Crippen molar-refractivity contribution in [3.05, 3.63) is 59.2 Å². The molecule has 2 aromatic carbocycles. The average molecular weight is 351 g/mol. The molecule has 134 valence electrons. The summed E-state index contributed by atoms with van der Waals surface area (Å²) < 4.78 is 12.6. The van der Waals surface area contributed by atoms with Gasteiger partial charge in [0.25, 0.3) is 0 Å². The summed E-state index contributed by atoms with van der Waals surface area (Å²) in [6, 6.07) is 14.6. The third-order valence-corrected chi connectivity index (χ3v) is 4.82. The van der Waals surface area contributed by atoms with Crippen LogP contribution in [0.4, 0.5) is 5.95 Å². The van der Waals surface area contributed by atoms with Crippen LogP contribution in [0.5, 0.6) is 11.5 Å². The quantitative estimate of drug-likeness (QED) is 0.778. The fourth-order valence-electron chi connectivity index (χ4n) is 3.39. The predicted octanol–water partition coefficient (Wildman–Crippen LogP) is 3.15. The normalized spacial score (nSPS) is 18.7. The molecule has 0 fully saturated rings. The number of fused-ring (bicyclic) bond motifs is 1. The summed E-state index contributed by atoms with van der Waals surface area (Å²) in [5, 5.41) is 15.6. The van der Waals surface area contributed by atoms with E-state index in [9.17, 15) is 0 Å². The first-order valence-electron chi connectivity index (χ1n) is 8.52. The lowest BCUT2D eigenvalue weighted by Gasteiger charge is -2.31. The van der Waals surface area contributed by atoms with E-state index in [0.717, 1.165) is 12.0 Å². The van der Waals surface area contributed by atoms with Gasteiger partial charge < -0.3 is 14.8 Å². The molecule has 26 heavy (non-hydrogen) atoms. The minimum atomic E-state index is 0.00681. The molecule has 0 unspecified atom stereocenters. The van der Waals surface area contributed by atoms with Gasteiger partial charge in [0.15, 0.2) is 11.5 Å². The van der Waals surface area contributed by atoms with Crippen molar-refractivity contribution in [1.82, 2.24) is 20.2 Å². The molecule has 2 heterocycles. The summed E-state index contributed by atoms with van der Waals surface area (Å²) in [5.74, 6) is 2.07. The monoisotopic (exact) mass is 351 g/mol. The zero-order valence-electron chi connectivity index (χ0n) is 15.0. The Labute approximate surface area is 151 Å². The molecule has 0 radical (unpaired) electrons. The lowest BCUT2D eigenvalue weighted by Crippen LogP contribution is -2.28. The molecule has 0 saturated carbocycles. The smallest absolute Gasteiger partial charge is 0.243 e. The fourth-order valence-corrected chi connectivity index (χ4v) is 3.39. The second-order valence-electron chi connectivity index (χ2n) is 6.42. The van der Waals surface area contributed by atoms with Crippen molar-refractivity contribution in [1.29, 1.82) is 0 Å². The second-order valence-corrected chi connectivity index (χ2v) is 6.42. The van der Waals surface area contributed by atoms with E-state index in [4.69, 9.17) is 9.47 Å². The standard InChI is InChI=1S/C19H21N5O2/c1-12-4-6-13(7-5-12)15-11-16(24-19(20-15)21-22-23-24)14-8-9-17(25-2)18(10-14)26-3/h4-10,15-16H,11H2,1-3H3,(H,20,21,23)/t15-,16+/m0/s1. The van der Waals surface area contributed by atoms with Crippen LogP contribution in [-0.2, 0) is 0 Å². The highest BCUT2D eigenvalue weighted by molar-refractivity contribution is 5.45. The number of anilines is 1. The Balaban J connectivity index is 1.72. The molecule has 7 heteroatoms. The summed E-state index contributed by atoms with van der Waals surface area (Å²) in [6.07, 6.45) is 0.830. The Kier molecular flexibility index (Phi) is 4.20. The maximum absolute atomic E-state index is 5.46. The van der Waals surface area contributed by atoms with Crippen LogP contribution in [0.25, 0.3) is 0 Å². The van der Waals surface area contributed by atoms with Gasteiger partial charge in [0.05, 0.1) is 26.3 Å².